The fraction of sp³-hybridized carbons (Fsp3) is 0.333. The summed E-state index contributed by atoms with van der Waals surface area (Å²) < 4.78 is 40.9. The Morgan fingerprint density at radius 1 is 1.05 bits per heavy atom. The summed E-state index contributed by atoms with van der Waals surface area (Å²) in [6, 6.07) is 11.5. The summed E-state index contributed by atoms with van der Waals surface area (Å²) in [7, 11) is -2.09. The molecule has 1 N–H and O–H groups in total. The number of benzene rings is 1. The lowest BCUT2D eigenvalue weighted by atomic mass is 9.66. The largest absolute Gasteiger partial charge is 0.353 e. The fourth-order valence-electron chi connectivity index (χ4n) is 6.52. The molecule has 6 rings (SSSR count). The van der Waals surface area contributed by atoms with Crippen molar-refractivity contribution in [3.63, 3.8) is 0 Å². The monoisotopic (exact) mass is 560 g/mol. The molecule has 0 radical (unpaired) electrons. The highest BCUT2D eigenvalue weighted by Gasteiger charge is 2.65. The normalized spacial score (nSPS) is 22.1. The molecule has 7 nitrogen and oxygen atoms in total. The zero-order valence-electron chi connectivity index (χ0n) is 22.6. The van der Waals surface area contributed by atoms with Gasteiger partial charge >= 0.3 is 0 Å². The minimum Gasteiger partial charge on any atom is -0.353 e. The van der Waals surface area contributed by atoms with E-state index >= 15 is 0 Å². The van der Waals surface area contributed by atoms with E-state index in [4.69, 9.17) is 4.98 Å². The van der Waals surface area contributed by atoms with Crippen LogP contribution in [0.15, 0.2) is 54.9 Å². The summed E-state index contributed by atoms with van der Waals surface area (Å²) in [5, 5.41) is 12.0. The number of nitrogens with zero attached hydrogens (tertiary/aromatic N) is 5. The maximum atomic E-state index is 14.6. The van der Waals surface area contributed by atoms with Crippen molar-refractivity contribution in [3.05, 3.63) is 83.4 Å². The van der Waals surface area contributed by atoms with Gasteiger partial charge in [-0.05, 0) is 75.5 Å². The Labute approximate surface area is 232 Å². The number of halogens is 2. The molecule has 3 aromatic heterocycles. The van der Waals surface area contributed by atoms with E-state index in [9.17, 15) is 13.0 Å². The molecule has 10 heteroatoms. The van der Waals surface area contributed by atoms with Crippen molar-refractivity contribution in [3.8, 4) is 22.5 Å². The van der Waals surface area contributed by atoms with Crippen LogP contribution in [0.1, 0.15) is 49.6 Å². The van der Waals surface area contributed by atoms with Crippen molar-refractivity contribution in [2.45, 2.75) is 38.0 Å². The number of pyridine rings is 1. The van der Waals surface area contributed by atoms with E-state index in [1.807, 2.05) is 24.3 Å². The van der Waals surface area contributed by atoms with Crippen molar-refractivity contribution in [2.24, 2.45) is 5.41 Å². The van der Waals surface area contributed by atoms with Crippen LogP contribution in [0.25, 0.3) is 22.5 Å². The van der Waals surface area contributed by atoms with Crippen LogP contribution in [0.4, 0.5) is 14.7 Å². The Balaban J connectivity index is 1.35. The first-order valence-electron chi connectivity index (χ1n) is 13.2. The first-order chi connectivity index (χ1) is 19.0. The van der Waals surface area contributed by atoms with Crippen molar-refractivity contribution < 1.29 is 13.0 Å². The Bertz CT molecular complexity index is 1700. The molecule has 0 saturated heterocycles. The third-order valence-electron chi connectivity index (χ3n) is 8.55. The molecule has 0 spiro atoms. The Morgan fingerprint density at radius 2 is 1.75 bits per heavy atom. The van der Waals surface area contributed by atoms with E-state index in [2.05, 4.69) is 45.2 Å². The molecule has 40 heavy (non-hydrogen) atoms. The van der Waals surface area contributed by atoms with Gasteiger partial charge in [0.15, 0.2) is 0 Å². The Hall–Kier alpha value is -3.79. The van der Waals surface area contributed by atoms with Gasteiger partial charge in [0.2, 0.25) is 5.95 Å². The smallest absolute Gasteiger partial charge is 0.222 e. The van der Waals surface area contributed by atoms with Gasteiger partial charge in [-0.15, -0.1) is 5.10 Å². The van der Waals surface area contributed by atoms with Crippen molar-refractivity contribution >= 4 is 21.3 Å². The lowest BCUT2D eigenvalue weighted by molar-refractivity contribution is 0.243. The van der Waals surface area contributed by atoms with Crippen LogP contribution in [-0.4, -0.2) is 53.8 Å². The maximum absolute atomic E-state index is 14.6. The summed E-state index contributed by atoms with van der Waals surface area (Å²) in [6.07, 6.45) is 6.82. The molecule has 1 aromatic carbocycles. The number of fused-ring (bicyclic) bond motifs is 5. The van der Waals surface area contributed by atoms with E-state index in [0.29, 0.717) is 18.2 Å². The molecule has 1 saturated carbocycles. The van der Waals surface area contributed by atoms with E-state index in [1.165, 1.54) is 18.2 Å². The van der Waals surface area contributed by atoms with E-state index < -0.39 is 26.6 Å². The first kappa shape index (κ1) is 26.4. The van der Waals surface area contributed by atoms with Gasteiger partial charge in [0.1, 0.15) is 11.6 Å². The molecular formula is C30H30F2N6OS. The number of aromatic nitrogens is 5. The molecule has 1 fully saturated rings. The number of hydrogen-bond acceptors (Lipinski definition) is 7. The van der Waals surface area contributed by atoms with Gasteiger partial charge in [0, 0.05) is 36.5 Å². The second-order valence-corrected chi connectivity index (χ2v) is 14.1. The molecule has 1 unspecified atom stereocenters. The van der Waals surface area contributed by atoms with Gasteiger partial charge in [-0.3, -0.25) is 9.19 Å². The quantitative estimate of drug-likeness (QED) is 0.309. The standard InChI is InChI=1S/C30H30F2N6OS/c1-29(2)20-11-12-30(29,27-19(20)15-24(37-38-27)26-21(31)7-5-8-22(26)32)25-10-6-9-23(36-25)18-16-34-28(35-17-18)33-13-14-40(3,4)39/h5-10,15-17,20H,3,11-14H2,1-2,4H3,(H,33,34,35)/t20-,30-,40?/m0/s1. The van der Waals surface area contributed by atoms with Gasteiger partial charge in [-0.25, -0.2) is 18.7 Å². The average molecular weight is 561 g/mol. The molecular weight excluding hydrogens is 530 g/mol. The SMILES string of the molecule is C=S(C)(=O)CCNc1ncc(-c2cccc([C@@]34CC[C@@H](c5cc(-c6c(F)cccc6F)nnc53)C4(C)C)n2)cn1. The molecule has 3 atom stereocenters. The summed E-state index contributed by atoms with van der Waals surface area (Å²) in [5.41, 5.74) is 3.51. The Kier molecular flexibility index (Phi) is 6.21. The number of nitrogens with one attached hydrogen (secondary N) is 1. The van der Waals surface area contributed by atoms with E-state index in [1.54, 1.807) is 18.6 Å². The minimum atomic E-state index is -2.09. The summed E-state index contributed by atoms with van der Waals surface area (Å²) in [4.78, 5) is 13.9. The van der Waals surface area contributed by atoms with Crippen LogP contribution in [0.3, 0.4) is 0 Å². The highest BCUT2D eigenvalue weighted by Crippen LogP contribution is 2.69. The third kappa shape index (κ3) is 4.16. The van der Waals surface area contributed by atoms with Crippen molar-refractivity contribution in [1.29, 1.82) is 0 Å². The van der Waals surface area contributed by atoms with Crippen LogP contribution in [0, 0.1) is 17.0 Å². The highest BCUT2D eigenvalue weighted by molar-refractivity contribution is 7.99. The van der Waals surface area contributed by atoms with Crippen LogP contribution in [0.2, 0.25) is 0 Å². The van der Waals surface area contributed by atoms with Crippen molar-refractivity contribution in [1.82, 2.24) is 25.1 Å². The molecule has 206 valence electrons. The molecule has 2 aliphatic rings. The van der Waals surface area contributed by atoms with Crippen molar-refractivity contribution in [2.75, 3.05) is 23.9 Å². The van der Waals surface area contributed by atoms with Crippen LogP contribution < -0.4 is 5.32 Å². The number of anilines is 1. The van der Waals surface area contributed by atoms with E-state index in [-0.39, 0.29) is 22.6 Å². The lowest BCUT2D eigenvalue weighted by Gasteiger charge is -2.37. The first-order valence-corrected chi connectivity index (χ1v) is 15.5. The van der Waals surface area contributed by atoms with Gasteiger partial charge in [-0.1, -0.05) is 26.0 Å². The molecule has 2 aliphatic carbocycles. The topological polar surface area (TPSA) is 93.6 Å². The summed E-state index contributed by atoms with van der Waals surface area (Å²) in [5.74, 6) is 3.38. The van der Waals surface area contributed by atoms with Crippen LogP contribution in [0.5, 0.6) is 0 Å². The zero-order valence-corrected chi connectivity index (χ0v) is 23.4. The Morgan fingerprint density at radius 3 is 2.45 bits per heavy atom. The average Bonchev–Trinajstić information content (AvgIpc) is 3.29. The van der Waals surface area contributed by atoms with Gasteiger partial charge < -0.3 is 5.32 Å². The highest BCUT2D eigenvalue weighted by atomic mass is 32.2. The molecule has 4 aromatic rings. The number of hydrogen-bond donors (Lipinski definition) is 1. The zero-order chi connectivity index (χ0) is 28.3. The summed E-state index contributed by atoms with van der Waals surface area (Å²) >= 11 is 0. The third-order valence-corrected chi connectivity index (χ3v) is 9.62. The van der Waals surface area contributed by atoms with Gasteiger partial charge in [0.25, 0.3) is 0 Å². The predicted molar refractivity (Wildman–Crippen MR) is 154 cm³/mol. The van der Waals surface area contributed by atoms with Crippen LogP contribution in [-0.2, 0) is 14.9 Å². The predicted octanol–water partition coefficient (Wildman–Crippen LogP) is 5.24. The molecule has 0 amide bonds. The molecule has 3 heterocycles. The fourth-order valence-corrected chi connectivity index (χ4v) is 7.05. The van der Waals surface area contributed by atoms with Gasteiger partial charge in [-0.2, -0.15) is 5.10 Å². The second kappa shape index (κ2) is 9.40. The molecule has 0 aliphatic heterocycles. The second-order valence-electron chi connectivity index (χ2n) is 11.4. The molecule has 2 bridgehead atoms. The maximum Gasteiger partial charge on any atom is 0.222 e. The lowest BCUT2D eigenvalue weighted by Crippen LogP contribution is -2.37. The van der Waals surface area contributed by atoms with Crippen LogP contribution >= 0.6 is 0 Å². The number of rotatable bonds is 7. The summed E-state index contributed by atoms with van der Waals surface area (Å²) in [6.45, 7) is 4.90. The van der Waals surface area contributed by atoms with Gasteiger partial charge in [0.05, 0.1) is 33.8 Å². The van der Waals surface area contributed by atoms with E-state index in [0.717, 1.165) is 41.1 Å². The minimum absolute atomic E-state index is 0.153.